The largest absolute Gasteiger partial charge is 0.383 e. The monoisotopic (exact) mass is 223 g/mol. The van der Waals surface area contributed by atoms with E-state index in [-0.39, 0.29) is 30.2 Å². The highest BCUT2D eigenvalue weighted by atomic mass is 16.1. The number of anilines is 1. The van der Waals surface area contributed by atoms with Gasteiger partial charge in [-0.05, 0) is 6.92 Å². The van der Waals surface area contributed by atoms with Crippen LogP contribution in [0, 0.1) is 6.92 Å². The molecule has 86 valence electrons. The Morgan fingerprint density at radius 1 is 1.25 bits per heavy atom. The van der Waals surface area contributed by atoms with Crippen molar-refractivity contribution in [2.45, 2.75) is 19.8 Å². The number of nitrogen functional groups attached to an aromatic ring is 1. The second-order valence-corrected chi connectivity index (χ2v) is 3.33. The molecule has 0 spiro atoms. The van der Waals surface area contributed by atoms with Crippen LogP contribution in [0.3, 0.4) is 0 Å². The molecule has 6 N–H and O–H groups in total. The zero-order valence-electron chi connectivity index (χ0n) is 8.86. The Balaban J connectivity index is 3.04. The first-order valence-electron chi connectivity index (χ1n) is 4.63. The fourth-order valence-corrected chi connectivity index (χ4v) is 1.17. The first kappa shape index (κ1) is 11.9. The van der Waals surface area contributed by atoms with E-state index in [1.54, 1.807) is 6.92 Å². The molecule has 0 aliphatic rings. The van der Waals surface area contributed by atoms with E-state index in [1.165, 1.54) is 0 Å². The summed E-state index contributed by atoms with van der Waals surface area (Å²) in [6, 6.07) is 0. The first-order chi connectivity index (χ1) is 7.41. The van der Waals surface area contributed by atoms with Crippen LogP contribution in [-0.4, -0.2) is 21.8 Å². The first-order valence-corrected chi connectivity index (χ1v) is 4.63. The lowest BCUT2D eigenvalue weighted by Crippen LogP contribution is -2.19. The van der Waals surface area contributed by atoms with Crippen molar-refractivity contribution in [2.24, 2.45) is 11.5 Å². The van der Waals surface area contributed by atoms with Gasteiger partial charge in [0.25, 0.3) is 5.91 Å². The fraction of sp³-hybridized carbons (Fsp3) is 0.333. The van der Waals surface area contributed by atoms with Gasteiger partial charge in [-0.15, -0.1) is 0 Å². The third-order valence-electron chi connectivity index (χ3n) is 2.06. The van der Waals surface area contributed by atoms with Crippen molar-refractivity contribution >= 4 is 17.6 Å². The second-order valence-electron chi connectivity index (χ2n) is 3.33. The maximum atomic E-state index is 11.0. The van der Waals surface area contributed by atoms with Crippen LogP contribution in [-0.2, 0) is 11.2 Å². The van der Waals surface area contributed by atoms with Crippen LogP contribution in [0.1, 0.15) is 28.3 Å². The standard InChI is InChI=1S/C9H13N5O2/c1-4-7(9(12)16)13-6(14-8(4)11)3-2-5(10)15/h2-3H2,1H3,(H2,10,15)(H2,12,16)(H2,11,13,14). The molecule has 0 aliphatic carbocycles. The number of hydrogen-bond donors (Lipinski definition) is 3. The van der Waals surface area contributed by atoms with Crippen LogP contribution < -0.4 is 17.2 Å². The highest BCUT2D eigenvalue weighted by Gasteiger charge is 2.13. The lowest BCUT2D eigenvalue weighted by atomic mass is 10.2. The predicted octanol–water partition coefficient (Wildman–Crippen LogP) is -1.12. The normalized spacial score (nSPS) is 10.1. The van der Waals surface area contributed by atoms with E-state index in [0.29, 0.717) is 5.56 Å². The van der Waals surface area contributed by atoms with Crippen molar-refractivity contribution in [1.29, 1.82) is 0 Å². The topological polar surface area (TPSA) is 138 Å². The van der Waals surface area contributed by atoms with Crippen LogP contribution >= 0.6 is 0 Å². The molecule has 0 radical (unpaired) electrons. The van der Waals surface area contributed by atoms with Crippen LogP contribution in [0.25, 0.3) is 0 Å². The quantitative estimate of drug-likeness (QED) is 0.593. The molecular formula is C9H13N5O2. The molecule has 1 aromatic heterocycles. The van der Waals surface area contributed by atoms with Crippen LogP contribution in [0.5, 0.6) is 0 Å². The third-order valence-corrected chi connectivity index (χ3v) is 2.06. The number of amides is 2. The number of nitrogens with two attached hydrogens (primary N) is 3. The zero-order valence-corrected chi connectivity index (χ0v) is 8.86. The molecule has 0 aromatic carbocycles. The molecule has 0 fully saturated rings. The number of rotatable bonds is 4. The molecule has 7 heteroatoms. The Kier molecular flexibility index (Phi) is 3.39. The summed E-state index contributed by atoms with van der Waals surface area (Å²) >= 11 is 0. The Labute approximate surface area is 92.0 Å². The van der Waals surface area contributed by atoms with E-state index in [2.05, 4.69) is 9.97 Å². The van der Waals surface area contributed by atoms with Gasteiger partial charge in [0.05, 0.1) is 0 Å². The van der Waals surface area contributed by atoms with Gasteiger partial charge in [0.15, 0.2) is 0 Å². The van der Waals surface area contributed by atoms with Crippen molar-refractivity contribution in [1.82, 2.24) is 9.97 Å². The second kappa shape index (κ2) is 4.56. The smallest absolute Gasteiger partial charge is 0.267 e. The molecular weight excluding hydrogens is 210 g/mol. The van der Waals surface area contributed by atoms with Crippen molar-refractivity contribution in [2.75, 3.05) is 5.73 Å². The zero-order chi connectivity index (χ0) is 12.3. The number of nitrogens with zero attached hydrogens (tertiary/aromatic N) is 2. The molecule has 1 rings (SSSR count). The van der Waals surface area contributed by atoms with E-state index in [0.717, 1.165) is 0 Å². The molecule has 1 aromatic rings. The van der Waals surface area contributed by atoms with Gasteiger partial charge in [-0.1, -0.05) is 0 Å². The summed E-state index contributed by atoms with van der Waals surface area (Å²) in [5.41, 5.74) is 16.2. The lowest BCUT2D eigenvalue weighted by Gasteiger charge is -2.06. The highest BCUT2D eigenvalue weighted by molar-refractivity contribution is 5.93. The summed E-state index contributed by atoms with van der Waals surface area (Å²) in [7, 11) is 0. The maximum Gasteiger partial charge on any atom is 0.267 e. The lowest BCUT2D eigenvalue weighted by molar-refractivity contribution is -0.118. The van der Waals surface area contributed by atoms with E-state index in [9.17, 15) is 9.59 Å². The minimum absolute atomic E-state index is 0.0759. The number of aryl methyl sites for hydroxylation is 1. The minimum atomic E-state index is -0.674. The summed E-state index contributed by atoms with van der Waals surface area (Å²) in [5, 5.41) is 0. The van der Waals surface area contributed by atoms with Crippen LogP contribution in [0.2, 0.25) is 0 Å². The molecule has 0 aliphatic heterocycles. The van der Waals surface area contributed by atoms with Gasteiger partial charge in [0.2, 0.25) is 5.91 Å². The van der Waals surface area contributed by atoms with Gasteiger partial charge < -0.3 is 17.2 Å². The molecule has 0 atom stereocenters. The van der Waals surface area contributed by atoms with Crippen LogP contribution in [0.4, 0.5) is 5.82 Å². The minimum Gasteiger partial charge on any atom is -0.383 e. The SMILES string of the molecule is Cc1c(N)nc(CCC(N)=O)nc1C(N)=O. The molecule has 7 nitrogen and oxygen atoms in total. The Morgan fingerprint density at radius 3 is 2.38 bits per heavy atom. The van der Waals surface area contributed by atoms with Gasteiger partial charge in [-0.25, -0.2) is 9.97 Å². The molecule has 0 saturated heterocycles. The number of carbonyl (C=O) groups is 2. The van der Waals surface area contributed by atoms with E-state index in [1.807, 2.05) is 0 Å². The molecule has 0 saturated carbocycles. The maximum absolute atomic E-state index is 11.0. The van der Waals surface area contributed by atoms with Crippen molar-refractivity contribution < 1.29 is 9.59 Å². The predicted molar refractivity (Wildman–Crippen MR) is 57.2 cm³/mol. The summed E-state index contributed by atoms with van der Waals surface area (Å²) in [5.74, 6) is -0.672. The van der Waals surface area contributed by atoms with Gasteiger partial charge in [0.1, 0.15) is 17.3 Å². The van der Waals surface area contributed by atoms with E-state index in [4.69, 9.17) is 17.2 Å². The highest BCUT2D eigenvalue weighted by Crippen LogP contribution is 2.12. The summed E-state index contributed by atoms with van der Waals surface area (Å²) < 4.78 is 0. The number of hydrogen-bond acceptors (Lipinski definition) is 5. The molecule has 16 heavy (non-hydrogen) atoms. The Bertz CT molecular complexity index is 444. The molecule has 0 unspecified atom stereocenters. The van der Waals surface area contributed by atoms with Gasteiger partial charge >= 0.3 is 0 Å². The molecule has 0 bridgehead atoms. The van der Waals surface area contributed by atoms with Crippen LogP contribution in [0.15, 0.2) is 0 Å². The van der Waals surface area contributed by atoms with Gasteiger partial charge in [0, 0.05) is 18.4 Å². The average Bonchev–Trinajstić information content (AvgIpc) is 2.19. The van der Waals surface area contributed by atoms with Gasteiger partial charge in [-0.3, -0.25) is 9.59 Å². The molecule has 1 heterocycles. The van der Waals surface area contributed by atoms with Gasteiger partial charge in [-0.2, -0.15) is 0 Å². The average molecular weight is 223 g/mol. The molecule has 2 amide bonds. The Morgan fingerprint density at radius 2 is 1.88 bits per heavy atom. The fourth-order valence-electron chi connectivity index (χ4n) is 1.17. The number of aromatic nitrogens is 2. The van der Waals surface area contributed by atoms with Crippen molar-refractivity contribution in [3.63, 3.8) is 0 Å². The van der Waals surface area contributed by atoms with Crippen molar-refractivity contribution in [3.8, 4) is 0 Å². The number of primary amides is 2. The van der Waals surface area contributed by atoms with Crippen molar-refractivity contribution in [3.05, 3.63) is 17.1 Å². The van der Waals surface area contributed by atoms with E-state index >= 15 is 0 Å². The summed E-state index contributed by atoms with van der Waals surface area (Å²) in [6.45, 7) is 1.60. The van der Waals surface area contributed by atoms with E-state index < -0.39 is 11.8 Å². The third kappa shape index (κ3) is 2.66. The summed E-state index contributed by atoms with van der Waals surface area (Å²) in [6.07, 6.45) is 0.334. The number of carbonyl (C=O) groups excluding carboxylic acids is 2. The Hall–Kier alpha value is -2.18. The summed E-state index contributed by atoms with van der Waals surface area (Å²) in [4.78, 5) is 29.5.